The zero-order valence-electron chi connectivity index (χ0n) is 13.3. The zero-order valence-corrected chi connectivity index (χ0v) is 14.8. The van der Waals surface area contributed by atoms with Gasteiger partial charge in [0.15, 0.2) is 5.16 Å². The first-order valence-corrected chi connectivity index (χ1v) is 9.33. The molecule has 5 heteroatoms. The van der Waals surface area contributed by atoms with Crippen LogP contribution in [0.4, 0.5) is 0 Å². The molecule has 1 aliphatic carbocycles. The van der Waals surface area contributed by atoms with Gasteiger partial charge in [-0.1, -0.05) is 53.7 Å². The molecule has 1 aromatic heterocycles. The van der Waals surface area contributed by atoms with Crippen LogP contribution < -0.4 is 5.56 Å². The minimum Gasteiger partial charge on any atom is -0.284 e. The van der Waals surface area contributed by atoms with E-state index in [1.165, 1.54) is 0 Å². The number of rotatable bonds is 4. The Labute approximate surface area is 149 Å². The Morgan fingerprint density at radius 3 is 2.62 bits per heavy atom. The molecular weight excluding hydrogens is 340 g/mol. The second-order valence-corrected chi connectivity index (χ2v) is 7.81. The first-order chi connectivity index (χ1) is 11.6. The third-order valence-electron chi connectivity index (χ3n) is 4.31. The van der Waals surface area contributed by atoms with E-state index in [9.17, 15) is 4.79 Å². The maximum atomic E-state index is 12.9. The van der Waals surface area contributed by atoms with Gasteiger partial charge in [0.2, 0.25) is 0 Å². The van der Waals surface area contributed by atoms with Crippen LogP contribution in [0.25, 0.3) is 10.9 Å². The molecule has 0 bridgehead atoms. The van der Waals surface area contributed by atoms with E-state index in [1.54, 1.807) is 11.8 Å². The van der Waals surface area contributed by atoms with Crippen LogP contribution in [0.3, 0.4) is 0 Å². The first kappa shape index (κ1) is 15.7. The molecule has 0 N–H and O–H groups in total. The van der Waals surface area contributed by atoms with E-state index in [2.05, 4.69) is 6.92 Å². The molecule has 0 radical (unpaired) electrons. The number of thioether (sulfide) groups is 1. The second-order valence-electron chi connectivity index (χ2n) is 6.10. The third-order valence-corrected chi connectivity index (χ3v) is 5.76. The lowest BCUT2D eigenvalue weighted by Gasteiger charge is -2.17. The van der Waals surface area contributed by atoms with E-state index in [1.807, 2.05) is 53.1 Å². The topological polar surface area (TPSA) is 34.9 Å². The molecule has 0 amide bonds. The number of aromatic nitrogens is 2. The number of para-hydroxylation sites is 1. The van der Waals surface area contributed by atoms with Gasteiger partial charge in [-0.15, -0.1) is 0 Å². The lowest BCUT2D eigenvalue weighted by Crippen LogP contribution is -2.22. The van der Waals surface area contributed by atoms with Crippen LogP contribution in [0.1, 0.15) is 36.6 Å². The second kappa shape index (κ2) is 6.26. The minimum absolute atomic E-state index is 0.0666. The molecule has 0 unspecified atom stereocenters. The van der Waals surface area contributed by atoms with Crippen LogP contribution in [-0.2, 0) is 0 Å². The molecule has 1 heterocycles. The van der Waals surface area contributed by atoms with Gasteiger partial charge >= 0.3 is 0 Å². The lowest BCUT2D eigenvalue weighted by molar-refractivity contribution is 0.617. The van der Waals surface area contributed by atoms with Crippen molar-refractivity contribution in [2.45, 2.75) is 36.2 Å². The van der Waals surface area contributed by atoms with Gasteiger partial charge in [-0.25, -0.2) is 4.98 Å². The summed E-state index contributed by atoms with van der Waals surface area (Å²) in [6.45, 7) is 2.10. The summed E-state index contributed by atoms with van der Waals surface area (Å²) in [6.07, 6.45) is 2.10. The summed E-state index contributed by atoms with van der Waals surface area (Å²) in [5.41, 5.74) is 1.89. The molecule has 2 aromatic carbocycles. The van der Waals surface area contributed by atoms with E-state index in [-0.39, 0.29) is 16.9 Å². The fourth-order valence-electron chi connectivity index (χ4n) is 2.89. The Hall–Kier alpha value is -1.78. The van der Waals surface area contributed by atoms with Crippen molar-refractivity contribution in [3.8, 4) is 0 Å². The van der Waals surface area contributed by atoms with Crippen molar-refractivity contribution in [2.75, 3.05) is 0 Å². The predicted octanol–water partition coefficient (Wildman–Crippen LogP) is 5.24. The smallest absolute Gasteiger partial charge is 0.262 e. The summed E-state index contributed by atoms with van der Waals surface area (Å²) in [7, 11) is 0. The van der Waals surface area contributed by atoms with Gasteiger partial charge in [-0.3, -0.25) is 9.36 Å². The summed E-state index contributed by atoms with van der Waals surface area (Å²) < 4.78 is 1.88. The van der Waals surface area contributed by atoms with Crippen molar-refractivity contribution >= 4 is 34.3 Å². The van der Waals surface area contributed by atoms with Gasteiger partial charge < -0.3 is 0 Å². The van der Waals surface area contributed by atoms with Gasteiger partial charge in [0, 0.05) is 16.3 Å². The number of hydrogen-bond donors (Lipinski definition) is 0. The van der Waals surface area contributed by atoms with Crippen molar-refractivity contribution in [1.82, 2.24) is 9.55 Å². The van der Waals surface area contributed by atoms with Crippen LogP contribution in [-0.4, -0.2) is 9.55 Å². The van der Waals surface area contributed by atoms with Crippen molar-refractivity contribution in [2.24, 2.45) is 0 Å². The lowest BCUT2D eigenvalue weighted by atomic mass is 10.2. The molecule has 1 fully saturated rings. The van der Waals surface area contributed by atoms with Gasteiger partial charge in [0.1, 0.15) is 0 Å². The van der Waals surface area contributed by atoms with Crippen LogP contribution in [0, 0.1) is 0 Å². The molecule has 0 spiro atoms. The van der Waals surface area contributed by atoms with Gasteiger partial charge in [-0.05, 0) is 43.5 Å². The van der Waals surface area contributed by atoms with E-state index in [4.69, 9.17) is 16.6 Å². The molecule has 0 aliphatic heterocycles. The van der Waals surface area contributed by atoms with Crippen molar-refractivity contribution in [1.29, 1.82) is 0 Å². The van der Waals surface area contributed by atoms with Crippen molar-refractivity contribution in [3.63, 3.8) is 0 Å². The quantitative estimate of drug-likeness (QED) is 0.473. The predicted molar refractivity (Wildman–Crippen MR) is 100.0 cm³/mol. The number of halogens is 1. The fraction of sp³-hybridized carbons (Fsp3) is 0.263. The standard InChI is InChI=1S/C19H17ClN2OS/c1-12(14-6-2-4-8-16(14)20)24-19-21-17-9-5-3-7-15(17)18(23)22(19)13-10-11-13/h2-9,12-13H,10-11H2,1H3/t12-/m0/s1. The fourth-order valence-corrected chi connectivity index (χ4v) is 4.40. The SMILES string of the molecule is C[C@H](Sc1nc2ccccc2c(=O)n1C1CC1)c1ccccc1Cl. The van der Waals surface area contributed by atoms with Crippen molar-refractivity contribution < 1.29 is 0 Å². The van der Waals surface area contributed by atoms with Crippen LogP contribution in [0.5, 0.6) is 0 Å². The number of benzene rings is 2. The molecule has 0 saturated heterocycles. The van der Waals surface area contributed by atoms with E-state index in [0.29, 0.717) is 5.39 Å². The van der Waals surface area contributed by atoms with E-state index < -0.39 is 0 Å². The van der Waals surface area contributed by atoms with E-state index in [0.717, 1.165) is 34.1 Å². The van der Waals surface area contributed by atoms with Gasteiger partial charge in [0.05, 0.1) is 10.9 Å². The summed E-state index contributed by atoms with van der Waals surface area (Å²) in [6, 6.07) is 15.7. The van der Waals surface area contributed by atoms with Gasteiger partial charge in [0.25, 0.3) is 5.56 Å². The van der Waals surface area contributed by atoms with Crippen molar-refractivity contribution in [3.05, 3.63) is 69.5 Å². The normalized spacial score (nSPS) is 15.6. The highest BCUT2D eigenvalue weighted by molar-refractivity contribution is 7.99. The molecule has 3 aromatic rings. The largest absolute Gasteiger partial charge is 0.284 e. The third kappa shape index (κ3) is 2.85. The highest BCUT2D eigenvalue weighted by atomic mass is 35.5. The Morgan fingerprint density at radius 2 is 1.88 bits per heavy atom. The van der Waals surface area contributed by atoms with Gasteiger partial charge in [-0.2, -0.15) is 0 Å². The zero-order chi connectivity index (χ0) is 16.7. The number of fused-ring (bicyclic) bond motifs is 1. The first-order valence-electron chi connectivity index (χ1n) is 8.07. The summed E-state index contributed by atoms with van der Waals surface area (Å²) in [4.78, 5) is 17.7. The number of nitrogens with zero attached hydrogens (tertiary/aromatic N) is 2. The maximum Gasteiger partial charge on any atom is 0.262 e. The molecule has 3 nitrogen and oxygen atoms in total. The average molecular weight is 357 g/mol. The van der Waals surface area contributed by atoms with Crippen LogP contribution in [0.2, 0.25) is 5.02 Å². The molecule has 24 heavy (non-hydrogen) atoms. The Balaban J connectivity index is 1.80. The maximum absolute atomic E-state index is 12.9. The average Bonchev–Trinajstić information content (AvgIpc) is 3.40. The highest BCUT2D eigenvalue weighted by Crippen LogP contribution is 2.41. The van der Waals surface area contributed by atoms with E-state index >= 15 is 0 Å². The number of hydrogen-bond acceptors (Lipinski definition) is 3. The molecule has 1 aliphatic rings. The Bertz CT molecular complexity index is 965. The molecule has 1 atom stereocenters. The van der Waals surface area contributed by atoms with Crippen LogP contribution in [0.15, 0.2) is 58.5 Å². The monoisotopic (exact) mass is 356 g/mol. The molecular formula is C19H17ClN2OS. The Morgan fingerprint density at radius 1 is 1.17 bits per heavy atom. The summed E-state index contributed by atoms with van der Waals surface area (Å²) in [5.74, 6) is 0. The minimum atomic E-state index is 0.0666. The highest BCUT2D eigenvalue weighted by Gasteiger charge is 2.29. The molecule has 1 saturated carbocycles. The Kier molecular flexibility index (Phi) is 4.10. The summed E-state index contributed by atoms with van der Waals surface area (Å²) in [5, 5.41) is 2.35. The molecule has 4 rings (SSSR count). The molecule has 122 valence electrons. The van der Waals surface area contributed by atoms with Crippen LogP contribution >= 0.6 is 23.4 Å². The summed E-state index contributed by atoms with van der Waals surface area (Å²) >= 11 is 7.93.